The van der Waals surface area contributed by atoms with Crippen LogP contribution in [0.5, 0.6) is 5.88 Å². The van der Waals surface area contributed by atoms with Gasteiger partial charge < -0.3 is 5.11 Å². The Morgan fingerprint density at radius 2 is 1.50 bits per heavy atom. The summed E-state index contributed by atoms with van der Waals surface area (Å²) in [6.07, 6.45) is 0. The average molecular weight is 569 g/mol. The lowest BCUT2D eigenvalue weighted by Gasteiger charge is -2.09. The number of carbonyl (C=O) groups is 1. The molecule has 0 atom stereocenters. The summed E-state index contributed by atoms with van der Waals surface area (Å²) < 4.78 is 4.93. The summed E-state index contributed by atoms with van der Waals surface area (Å²) in [6.45, 7) is 8.36. The summed E-state index contributed by atoms with van der Waals surface area (Å²) in [6, 6.07) is 32.1. The quantitative estimate of drug-likeness (QED) is 0.168. The Kier molecular flexibility index (Phi) is 6.17. The molecule has 3 heterocycles. The van der Waals surface area contributed by atoms with Gasteiger partial charge in [0.05, 0.1) is 16.0 Å². The molecule has 0 aliphatic carbocycles. The molecule has 0 aliphatic heterocycles. The summed E-state index contributed by atoms with van der Waals surface area (Å²) in [4.78, 5) is 20.3. The molecule has 7 rings (SSSR count). The van der Waals surface area contributed by atoms with E-state index in [4.69, 9.17) is 4.98 Å². The minimum atomic E-state index is -0.237. The summed E-state index contributed by atoms with van der Waals surface area (Å²) in [5, 5.41) is 12.6. The molecule has 0 bridgehead atoms. The van der Waals surface area contributed by atoms with Crippen molar-refractivity contribution in [2.45, 2.75) is 33.6 Å². The molecular formula is C36H30N3O2S+. The lowest BCUT2D eigenvalue weighted by molar-refractivity contribution is -0.467. The van der Waals surface area contributed by atoms with Crippen LogP contribution in [-0.4, -0.2) is 20.4 Å². The SMILES string of the molecule is Cc1ccc(C(=O)c2c(O)n(-c3ccc(C(C)C)cc3)c3nc(-c4ccc(C)cc4)[n+]4c5ccccc5sc4c23)cc1. The number of fused-ring (bicyclic) bond motifs is 5. The molecule has 1 N–H and O–H groups in total. The van der Waals surface area contributed by atoms with E-state index in [0.29, 0.717) is 22.5 Å². The van der Waals surface area contributed by atoms with Crippen molar-refractivity contribution >= 4 is 43.2 Å². The number of nitrogens with zero attached hydrogens (tertiary/aromatic N) is 3. The van der Waals surface area contributed by atoms with Crippen molar-refractivity contribution < 1.29 is 14.3 Å². The van der Waals surface area contributed by atoms with Gasteiger partial charge in [-0.3, -0.25) is 4.79 Å². The van der Waals surface area contributed by atoms with Crippen LogP contribution in [0.2, 0.25) is 0 Å². The van der Waals surface area contributed by atoms with Gasteiger partial charge in [-0.25, -0.2) is 4.57 Å². The minimum absolute atomic E-state index is 0.110. The first kappa shape index (κ1) is 26.1. The fourth-order valence-corrected chi connectivity index (χ4v) is 6.77. The second-order valence-electron chi connectivity index (χ2n) is 11.2. The predicted molar refractivity (Wildman–Crippen MR) is 170 cm³/mol. The van der Waals surface area contributed by atoms with Gasteiger partial charge in [-0.2, -0.15) is 4.40 Å². The van der Waals surface area contributed by atoms with E-state index in [1.54, 1.807) is 15.9 Å². The molecule has 0 amide bonds. The monoisotopic (exact) mass is 568 g/mol. The molecule has 206 valence electrons. The van der Waals surface area contributed by atoms with E-state index >= 15 is 0 Å². The van der Waals surface area contributed by atoms with Gasteiger partial charge >= 0.3 is 5.82 Å². The molecule has 3 aromatic heterocycles. The molecule has 6 heteroatoms. The molecule has 0 unspecified atom stereocenters. The van der Waals surface area contributed by atoms with Crippen molar-refractivity contribution in [3.63, 3.8) is 0 Å². The van der Waals surface area contributed by atoms with Gasteiger partial charge in [-0.05, 0) is 66.7 Å². The number of aryl methyl sites for hydroxylation is 2. The molecule has 0 aliphatic rings. The van der Waals surface area contributed by atoms with Crippen LogP contribution >= 0.6 is 11.3 Å². The van der Waals surface area contributed by atoms with Gasteiger partial charge in [-0.1, -0.05) is 97.0 Å². The van der Waals surface area contributed by atoms with Crippen molar-refractivity contribution in [1.82, 2.24) is 9.55 Å². The Balaban J connectivity index is 1.64. The number of rotatable bonds is 5. The smallest absolute Gasteiger partial charge is 0.339 e. The van der Waals surface area contributed by atoms with Gasteiger partial charge in [0.2, 0.25) is 10.7 Å². The van der Waals surface area contributed by atoms with Crippen molar-refractivity contribution in [3.8, 4) is 23.0 Å². The Labute approximate surface area is 248 Å². The molecule has 4 aromatic carbocycles. The topological polar surface area (TPSA) is 59.2 Å². The standard InChI is InChI=1S/C36H29N3O2S/c1-21(2)24-17-19-27(20-18-24)38-34-31(30(35(38)41)32(40)25-13-9-22(3)10-14-25)36-39(28-7-5-6-8-29(28)42-36)33(37-34)26-15-11-23(4)12-16-26/h5-21H,1-4H3/p+1. The van der Waals surface area contributed by atoms with E-state index in [1.807, 2.05) is 55.5 Å². The zero-order chi connectivity index (χ0) is 29.1. The van der Waals surface area contributed by atoms with Gasteiger partial charge in [0, 0.05) is 5.56 Å². The van der Waals surface area contributed by atoms with E-state index in [9.17, 15) is 9.90 Å². The molecule has 5 nitrogen and oxygen atoms in total. The number of aromatic hydroxyl groups is 1. The molecule has 0 fully saturated rings. The first-order chi connectivity index (χ1) is 20.3. The third-order valence-corrected chi connectivity index (χ3v) is 9.09. The first-order valence-corrected chi connectivity index (χ1v) is 14.9. The fourth-order valence-electron chi connectivity index (χ4n) is 5.58. The van der Waals surface area contributed by atoms with Crippen LogP contribution in [0.25, 0.3) is 43.2 Å². The summed E-state index contributed by atoms with van der Waals surface area (Å²) in [5.74, 6) is 0.774. The minimum Gasteiger partial charge on any atom is -0.494 e. The van der Waals surface area contributed by atoms with Crippen molar-refractivity contribution in [2.24, 2.45) is 0 Å². The highest BCUT2D eigenvalue weighted by molar-refractivity contribution is 7.24. The second-order valence-corrected chi connectivity index (χ2v) is 12.2. The summed E-state index contributed by atoms with van der Waals surface area (Å²) in [7, 11) is 0. The average Bonchev–Trinajstić information content (AvgIpc) is 3.52. The molecule has 0 saturated heterocycles. The number of hydrogen-bond acceptors (Lipinski definition) is 4. The van der Waals surface area contributed by atoms with E-state index in [-0.39, 0.29) is 17.2 Å². The predicted octanol–water partition coefficient (Wildman–Crippen LogP) is 8.32. The Bertz CT molecular complexity index is 2140. The molecule has 42 heavy (non-hydrogen) atoms. The van der Waals surface area contributed by atoms with E-state index < -0.39 is 0 Å². The highest BCUT2D eigenvalue weighted by Crippen LogP contribution is 2.40. The van der Waals surface area contributed by atoms with Gasteiger partial charge in [0.1, 0.15) is 10.9 Å². The zero-order valence-corrected chi connectivity index (χ0v) is 24.7. The maximum Gasteiger partial charge on any atom is 0.339 e. The van der Waals surface area contributed by atoms with Crippen molar-refractivity contribution in [3.05, 3.63) is 125 Å². The molecule has 0 radical (unpaired) electrons. The number of benzene rings is 4. The summed E-state index contributed by atoms with van der Waals surface area (Å²) in [5.41, 5.74) is 7.45. The Hall–Kier alpha value is -4.81. The fraction of sp³-hybridized carbons (Fsp3) is 0.139. The molecule has 7 aromatic rings. The van der Waals surface area contributed by atoms with E-state index in [1.165, 1.54) is 5.56 Å². The lowest BCUT2D eigenvalue weighted by atomic mass is 10.0. The first-order valence-electron chi connectivity index (χ1n) is 14.1. The van der Waals surface area contributed by atoms with Gasteiger partial charge in [-0.15, -0.1) is 0 Å². The van der Waals surface area contributed by atoms with E-state index in [0.717, 1.165) is 43.2 Å². The number of aromatic nitrogens is 3. The molecule has 0 spiro atoms. The van der Waals surface area contributed by atoms with Crippen LogP contribution in [-0.2, 0) is 0 Å². The van der Waals surface area contributed by atoms with Gasteiger partial charge in [0.15, 0.2) is 11.3 Å². The maximum atomic E-state index is 14.2. The largest absolute Gasteiger partial charge is 0.494 e. The third-order valence-electron chi connectivity index (χ3n) is 7.94. The lowest BCUT2D eigenvalue weighted by Crippen LogP contribution is -2.25. The number of para-hydroxylation sites is 1. The maximum absolute atomic E-state index is 14.2. The number of hydrogen-bond donors (Lipinski definition) is 1. The highest BCUT2D eigenvalue weighted by atomic mass is 32.1. The highest BCUT2D eigenvalue weighted by Gasteiger charge is 2.34. The third kappa shape index (κ3) is 4.10. The Morgan fingerprint density at radius 3 is 2.17 bits per heavy atom. The van der Waals surface area contributed by atoms with Crippen molar-refractivity contribution in [1.29, 1.82) is 0 Å². The second kappa shape index (κ2) is 9.93. The normalized spacial score (nSPS) is 11.7. The van der Waals surface area contributed by atoms with E-state index in [2.05, 4.69) is 73.7 Å². The van der Waals surface area contributed by atoms with Crippen LogP contribution < -0.4 is 4.40 Å². The van der Waals surface area contributed by atoms with Crippen LogP contribution in [0, 0.1) is 13.8 Å². The molecular weight excluding hydrogens is 538 g/mol. The van der Waals surface area contributed by atoms with Crippen LogP contribution in [0.3, 0.4) is 0 Å². The van der Waals surface area contributed by atoms with Crippen LogP contribution in [0.15, 0.2) is 97.1 Å². The molecule has 0 saturated carbocycles. The van der Waals surface area contributed by atoms with Crippen LogP contribution in [0.4, 0.5) is 0 Å². The van der Waals surface area contributed by atoms with Gasteiger partial charge in [0.25, 0.3) is 5.65 Å². The number of ketones is 1. The Morgan fingerprint density at radius 1 is 0.857 bits per heavy atom. The zero-order valence-electron chi connectivity index (χ0n) is 23.9. The number of thiazole rings is 1. The van der Waals surface area contributed by atoms with Crippen molar-refractivity contribution in [2.75, 3.05) is 0 Å². The van der Waals surface area contributed by atoms with Crippen LogP contribution in [0.1, 0.15) is 52.4 Å². The summed E-state index contributed by atoms with van der Waals surface area (Å²) >= 11 is 1.60. The number of carbonyl (C=O) groups excluding carboxylic acids is 1.